The summed E-state index contributed by atoms with van der Waals surface area (Å²) in [7, 11) is 3.14. The van der Waals surface area contributed by atoms with Crippen LogP contribution in [0.3, 0.4) is 0 Å². The highest BCUT2D eigenvalue weighted by Crippen LogP contribution is 2.28. The van der Waals surface area contributed by atoms with E-state index in [1.54, 1.807) is 43.8 Å². The summed E-state index contributed by atoms with van der Waals surface area (Å²) in [6, 6.07) is 9.54. The lowest BCUT2D eigenvalue weighted by Gasteiger charge is -2.29. The zero-order valence-electron chi connectivity index (χ0n) is 15.2. The predicted molar refractivity (Wildman–Crippen MR) is 102 cm³/mol. The first-order chi connectivity index (χ1) is 12.1. The molecule has 1 aromatic carbocycles. The van der Waals surface area contributed by atoms with E-state index in [0.29, 0.717) is 23.6 Å². The highest BCUT2D eigenvalue weighted by molar-refractivity contribution is 7.10. The van der Waals surface area contributed by atoms with Gasteiger partial charge in [-0.2, -0.15) is 0 Å². The number of amides is 1. The van der Waals surface area contributed by atoms with Gasteiger partial charge in [-0.1, -0.05) is 19.9 Å². The van der Waals surface area contributed by atoms with Gasteiger partial charge in [0.15, 0.2) is 11.5 Å². The van der Waals surface area contributed by atoms with E-state index in [9.17, 15) is 4.79 Å². The molecule has 1 atom stereocenters. The number of methoxy groups -OCH3 is 2. The molecule has 0 aliphatic heterocycles. The summed E-state index contributed by atoms with van der Waals surface area (Å²) in [5.41, 5.74) is 0.558. The van der Waals surface area contributed by atoms with Gasteiger partial charge in [-0.15, -0.1) is 11.3 Å². The minimum atomic E-state index is -0.116. The molecular formula is C19H26N2O3S. The molecule has 0 bridgehead atoms. The summed E-state index contributed by atoms with van der Waals surface area (Å²) in [5, 5.41) is 5.13. The number of hydrogen-bond donors (Lipinski definition) is 1. The second kappa shape index (κ2) is 9.44. The summed E-state index contributed by atoms with van der Waals surface area (Å²) in [4.78, 5) is 16.2. The Bertz CT molecular complexity index is 669. The van der Waals surface area contributed by atoms with Gasteiger partial charge in [0.25, 0.3) is 5.91 Å². The normalized spacial score (nSPS) is 12.0. The summed E-state index contributed by atoms with van der Waals surface area (Å²) in [6.07, 6.45) is 0. The molecule has 0 aliphatic rings. The molecule has 0 fully saturated rings. The van der Waals surface area contributed by atoms with Gasteiger partial charge in [0.05, 0.1) is 20.3 Å². The fraction of sp³-hybridized carbons (Fsp3) is 0.421. The van der Waals surface area contributed by atoms with Crippen LogP contribution in [0.4, 0.5) is 0 Å². The minimum Gasteiger partial charge on any atom is -0.493 e. The molecule has 5 nitrogen and oxygen atoms in total. The zero-order chi connectivity index (χ0) is 18.2. The monoisotopic (exact) mass is 362 g/mol. The van der Waals surface area contributed by atoms with Crippen LogP contribution in [0.25, 0.3) is 0 Å². The van der Waals surface area contributed by atoms with Gasteiger partial charge in [-0.05, 0) is 42.7 Å². The van der Waals surface area contributed by atoms with Crippen LogP contribution in [0.1, 0.15) is 35.1 Å². The van der Waals surface area contributed by atoms with E-state index < -0.39 is 0 Å². The van der Waals surface area contributed by atoms with E-state index in [2.05, 4.69) is 35.5 Å². The van der Waals surface area contributed by atoms with E-state index >= 15 is 0 Å². The Morgan fingerprint density at radius 3 is 2.44 bits per heavy atom. The molecule has 1 amide bonds. The average Bonchev–Trinajstić information content (AvgIpc) is 3.18. The van der Waals surface area contributed by atoms with Crippen LogP contribution < -0.4 is 14.8 Å². The van der Waals surface area contributed by atoms with Crippen LogP contribution in [-0.2, 0) is 0 Å². The largest absolute Gasteiger partial charge is 0.493 e. The Hall–Kier alpha value is -2.05. The lowest BCUT2D eigenvalue weighted by atomic mass is 10.1. The van der Waals surface area contributed by atoms with Gasteiger partial charge < -0.3 is 14.8 Å². The molecule has 0 spiro atoms. The van der Waals surface area contributed by atoms with Crippen LogP contribution in [0, 0.1) is 0 Å². The highest BCUT2D eigenvalue weighted by Gasteiger charge is 2.20. The Morgan fingerprint density at radius 2 is 1.88 bits per heavy atom. The van der Waals surface area contributed by atoms with Crippen LogP contribution >= 0.6 is 11.3 Å². The summed E-state index contributed by atoms with van der Waals surface area (Å²) in [6.45, 7) is 6.71. The van der Waals surface area contributed by atoms with E-state index in [1.165, 1.54) is 4.88 Å². The smallest absolute Gasteiger partial charge is 0.251 e. The van der Waals surface area contributed by atoms with Crippen molar-refractivity contribution in [3.05, 3.63) is 46.2 Å². The summed E-state index contributed by atoms with van der Waals surface area (Å²) < 4.78 is 10.5. The maximum absolute atomic E-state index is 12.6. The second-order valence-electron chi connectivity index (χ2n) is 5.53. The van der Waals surface area contributed by atoms with Crippen LogP contribution in [0.15, 0.2) is 35.7 Å². The molecular weight excluding hydrogens is 336 g/mol. The number of ether oxygens (including phenoxy) is 2. The van der Waals surface area contributed by atoms with E-state index in [-0.39, 0.29) is 11.9 Å². The Balaban J connectivity index is 2.11. The van der Waals surface area contributed by atoms with Crippen molar-refractivity contribution in [3.8, 4) is 11.5 Å². The van der Waals surface area contributed by atoms with E-state index in [1.807, 2.05) is 6.07 Å². The molecule has 0 saturated carbocycles. The molecule has 136 valence electrons. The van der Waals surface area contributed by atoms with Crippen molar-refractivity contribution >= 4 is 17.2 Å². The first-order valence-electron chi connectivity index (χ1n) is 8.42. The second-order valence-corrected chi connectivity index (χ2v) is 6.51. The maximum Gasteiger partial charge on any atom is 0.251 e. The number of hydrogen-bond acceptors (Lipinski definition) is 5. The quantitative estimate of drug-likeness (QED) is 0.741. The van der Waals surface area contributed by atoms with Crippen molar-refractivity contribution in [1.82, 2.24) is 10.2 Å². The van der Waals surface area contributed by atoms with Crippen LogP contribution in [-0.4, -0.2) is 44.7 Å². The molecule has 0 aliphatic carbocycles. The van der Waals surface area contributed by atoms with Crippen molar-refractivity contribution < 1.29 is 14.3 Å². The van der Waals surface area contributed by atoms with Crippen molar-refractivity contribution in [1.29, 1.82) is 0 Å². The van der Waals surface area contributed by atoms with Gasteiger partial charge in [0.2, 0.25) is 0 Å². The fourth-order valence-corrected chi connectivity index (χ4v) is 3.68. The molecule has 0 saturated heterocycles. The Labute approximate surface area is 153 Å². The number of nitrogens with zero attached hydrogens (tertiary/aromatic N) is 1. The Morgan fingerprint density at radius 1 is 1.16 bits per heavy atom. The number of nitrogens with one attached hydrogen (secondary N) is 1. The van der Waals surface area contributed by atoms with Crippen LogP contribution in [0.5, 0.6) is 11.5 Å². The van der Waals surface area contributed by atoms with Crippen LogP contribution in [0.2, 0.25) is 0 Å². The third-order valence-electron chi connectivity index (χ3n) is 4.23. The SMILES string of the molecule is CCN(CC)C(CNC(=O)c1ccc(OC)c(OC)c1)c1cccs1. The Kier molecular flexibility index (Phi) is 7.28. The molecule has 1 heterocycles. The average molecular weight is 362 g/mol. The number of rotatable bonds is 9. The highest BCUT2D eigenvalue weighted by atomic mass is 32.1. The summed E-state index contributed by atoms with van der Waals surface area (Å²) >= 11 is 1.72. The van der Waals surface area contributed by atoms with Gasteiger partial charge in [0.1, 0.15) is 0 Å². The number of likely N-dealkylation sites (N-methyl/N-ethyl adjacent to an activating group) is 1. The molecule has 6 heteroatoms. The van der Waals surface area contributed by atoms with Gasteiger partial charge in [-0.25, -0.2) is 0 Å². The zero-order valence-corrected chi connectivity index (χ0v) is 16.1. The summed E-state index contributed by atoms with van der Waals surface area (Å²) in [5.74, 6) is 1.04. The van der Waals surface area contributed by atoms with Gasteiger partial charge >= 0.3 is 0 Å². The molecule has 25 heavy (non-hydrogen) atoms. The lowest BCUT2D eigenvalue weighted by Crippen LogP contribution is -2.37. The predicted octanol–water partition coefficient (Wildman–Crippen LogP) is 3.58. The minimum absolute atomic E-state index is 0.116. The first kappa shape index (κ1) is 19.3. The molecule has 0 radical (unpaired) electrons. The molecule has 1 unspecified atom stereocenters. The first-order valence-corrected chi connectivity index (χ1v) is 9.30. The molecule has 2 rings (SSSR count). The van der Waals surface area contributed by atoms with E-state index in [4.69, 9.17) is 9.47 Å². The van der Waals surface area contributed by atoms with E-state index in [0.717, 1.165) is 13.1 Å². The fourth-order valence-electron chi connectivity index (χ4n) is 2.82. The van der Waals surface area contributed by atoms with Crippen molar-refractivity contribution in [3.63, 3.8) is 0 Å². The third kappa shape index (κ3) is 4.74. The van der Waals surface area contributed by atoms with Crippen molar-refractivity contribution in [2.75, 3.05) is 33.9 Å². The van der Waals surface area contributed by atoms with Gasteiger partial charge in [0, 0.05) is 17.0 Å². The molecule has 1 N–H and O–H groups in total. The number of thiophene rings is 1. The van der Waals surface area contributed by atoms with Crippen molar-refractivity contribution in [2.24, 2.45) is 0 Å². The lowest BCUT2D eigenvalue weighted by molar-refractivity contribution is 0.0935. The topological polar surface area (TPSA) is 50.8 Å². The van der Waals surface area contributed by atoms with Gasteiger partial charge in [-0.3, -0.25) is 9.69 Å². The number of carbonyl (C=O) groups excluding carboxylic acids is 1. The van der Waals surface area contributed by atoms with Crippen molar-refractivity contribution in [2.45, 2.75) is 19.9 Å². The number of carbonyl (C=O) groups is 1. The standard InChI is InChI=1S/C19H26N2O3S/c1-5-21(6-2)15(18-8-7-11-25-18)13-20-19(22)14-9-10-16(23-3)17(12-14)24-4/h7-12,15H,5-6,13H2,1-4H3,(H,20,22). The molecule has 1 aromatic heterocycles. The number of benzene rings is 1. The molecule has 2 aromatic rings. The maximum atomic E-state index is 12.6. The third-order valence-corrected chi connectivity index (χ3v) is 5.20.